The first kappa shape index (κ1) is 19.9. The fourth-order valence-corrected chi connectivity index (χ4v) is 3.75. The second-order valence-corrected chi connectivity index (χ2v) is 7.57. The number of H-pyrrole nitrogens is 1. The van der Waals surface area contributed by atoms with E-state index in [-0.39, 0.29) is 13.1 Å². The molecule has 4 rings (SSSR count). The summed E-state index contributed by atoms with van der Waals surface area (Å²) < 4.78 is 0.915. The van der Waals surface area contributed by atoms with Crippen molar-refractivity contribution in [2.24, 2.45) is 0 Å². The number of carbonyl (C=O) groups excluding carboxylic acids is 1. The van der Waals surface area contributed by atoms with Crippen molar-refractivity contribution in [3.63, 3.8) is 0 Å². The molecule has 30 heavy (non-hydrogen) atoms. The van der Waals surface area contributed by atoms with E-state index in [4.69, 9.17) is 0 Å². The molecule has 2 N–H and O–H groups in total. The van der Waals surface area contributed by atoms with E-state index < -0.39 is 17.2 Å². The van der Waals surface area contributed by atoms with Gasteiger partial charge in [0.25, 0.3) is 5.56 Å². The number of aromatic nitrogens is 3. The van der Waals surface area contributed by atoms with Crippen LogP contribution in [-0.4, -0.2) is 33.5 Å². The Hall–Kier alpha value is -3.42. The molecule has 8 nitrogen and oxygen atoms in total. The first-order valence-corrected chi connectivity index (χ1v) is 10.3. The molecule has 0 spiro atoms. The maximum absolute atomic E-state index is 12.5. The molecule has 2 aromatic heterocycles. The number of aromatic amines is 1. The Bertz CT molecular complexity index is 1140. The van der Waals surface area contributed by atoms with E-state index in [0.29, 0.717) is 10.9 Å². The summed E-state index contributed by atoms with van der Waals surface area (Å²) in [6.45, 7) is 2.00. The summed E-state index contributed by atoms with van der Waals surface area (Å²) in [6, 6.07) is 10.7. The van der Waals surface area contributed by atoms with Gasteiger partial charge in [0.1, 0.15) is 12.4 Å². The van der Waals surface area contributed by atoms with Crippen molar-refractivity contribution in [3.8, 4) is 0 Å². The molecule has 0 radical (unpaired) electrons. The van der Waals surface area contributed by atoms with Gasteiger partial charge in [-0.1, -0.05) is 31.0 Å². The zero-order chi connectivity index (χ0) is 20.9. The lowest BCUT2D eigenvalue weighted by molar-refractivity contribution is -0.121. The van der Waals surface area contributed by atoms with E-state index in [9.17, 15) is 14.4 Å². The van der Waals surface area contributed by atoms with Crippen LogP contribution in [0.25, 0.3) is 10.9 Å². The summed E-state index contributed by atoms with van der Waals surface area (Å²) >= 11 is 0. The minimum atomic E-state index is -0.600. The average Bonchev–Trinajstić information content (AvgIpc) is 3.05. The molecule has 0 aliphatic carbocycles. The van der Waals surface area contributed by atoms with Crippen LogP contribution in [0.3, 0.4) is 0 Å². The van der Waals surface area contributed by atoms with Crippen LogP contribution in [0.15, 0.2) is 52.2 Å². The van der Waals surface area contributed by atoms with Gasteiger partial charge in [0.2, 0.25) is 5.91 Å². The van der Waals surface area contributed by atoms with Gasteiger partial charge in [-0.05, 0) is 36.6 Å². The van der Waals surface area contributed by atoms with Gasteiger partial charge in [-0.3, -0.25) is 14.2 Å². The molecule has 1 aliphatic rings. The van der Waals surface area contributed by atoms with E-state index in [1.165, 1.54) is 25.7 Å². The molecule has 3 aromatic rings. The normalized spacial score (nSPS) is 14.5. The summed E-state index contributed by atoms with van der Waals surface area (Å²) in [6.07, 6.45) is 6.67. The fraction of sp³-hybridized carbons (Fsp3) is 0.364. The SMILES string of the molecule is O=C(Cn1c(=O)[nH]c2ccccc2c1=O)NCc1ccc(N2CCCCCC2)nc1. The number of benzene rings is 1. The average molecular weight is 407 g/mol. The van der Waals surface area contributed by atoms with Crippen molar-refractivity contribution >= 4 is 22.6 Å². The lowest BCUT2D eigenvalue weighted by atomic mass is 10.2. The van der Waals surface area contributed by atoms with Crippen LogP contribution >= 0.6 is 0 Å². The van der Waals surface area contributed by atoms with Gasteiger partial charge in [-0.15, -0.1) is 0 Å². The zero-order valence-corrected chi connectivity index (χ0v) is 16.8. The Labute approximate surface area is 173 Å². The summed E-state index contributed by atoms with van der Waals surface area (Å²) in [4.78, 5) is 46.5. The maximum atomic E-state index is 12.5. The van der Waals surface area contributed by atoms with Crippen LogP contribution < -0.4 is 21.5 Å². The molecule has 156 valence electrons. The third-order valence-electron chi connectivity index (χ3n) is 5.42. The second kappa shape index (κ2) is 8.94. The zero-order valence-electron chi connectivity index (χ0n) is 16.8. The van der Waals surface area contributed by atoms with Gasteiger partial charge in [-0.25, -0.2) is 9.78 Å². The lowest BCUT2D eigenvalue weighted by Crippen LogP contribution is -2.40. The van der Waals surface area contributed by atoms with E-state index in [0.717, 1.165) is 29.0 Å². The molecule has 1 fully saturated rings. The highest BCUT2D eigenvalue weighted by atomic mass is 16.2. The van der Waals surface area contributed by atoms with E-state index >= 15 is 0 Å². The van der Waals surface area contributed by atoms with Crippen molar-refractivity contribution in [2.75, 3.05) is 18.0 Å². The number of hydrogen-bond donors (Lipinski definition) is 2. The third kappa shape index (κ3) is 4.42. The summed E-state index contributed by atoms with van der Waals surface area (Å²) in [5.74, 6) is 0.552. The standard InChI is InChI=1S/C22H25N5O3/c28-20(15-27-21(29)17-7-3-4-8-18(17)25-22(27)30)24-14-16-9-10-19(23-13-16)26-11-5-1-2-6-12-26/h3-4,7-10,13H,1-2,5-6,11-12,14-15H2,(H,24,28)(H,25,30). The number of amides is 1. The van der Waals surface area contributed by atoms with Gasteiger partial charge in [0.05, 0.1) is 10.9 Å². The number of rotatable bonds is 5. The van der Waals surface area contributed by atoms with Crippen LogP contribution in [-0.2, 0) is 17.9 Å². The number of nitrogens with one attached hydrogen (secondary N) is 2. The van der Waals surface area contributed by atoms with E-state index in [2.05, 4.69) is 20.2 Å². The third-order valence-corrected chi connectivity index (χ3v) is 5.42. The number of para-hydroxylation sites is 1. The quantitative estimate of drug-likeness (QED) is 0.672. The lowest BCUT2D eigenvalue weighted by Gasteiger charge is -2.21. The predicted octanol–water partition coefficient (Wildman–Crippen LogP) is 1.78. The molecule has 1 aromatic carbocycles. The van der Waals surface area contributed by atoms with Gasteiger partial charge in [-0.2, -0.15) is 0 Å². The maximum Gasteiger partial charge on any atom is 0.329 e. The molecule has 1 saturated heterocycles. The topological polar surface area (TPSA) is 100 Å². The van der Waals surface area contributed by atoms with Crippen LogP contribution in [0.4, 0.5) is 5.82 Å². The molecule has 1 aliphatic heterocycles. The summed E-state index contributed by atoms with van der Waals surface area (Å²) in [5, 5.41) is 3.13. The van der Waals surface area contributed by atoms with E-state index in [1.807, 2.05) is 12.1 Å². The highest BCUT2D eigenvalue weighted by Crippen LogP contribution is 2.17. The predicted molar refractivity (Wildman–Crippen MR) is 116 cm³/mol. The van der Waals surface area contributed by atoms with Crippen LogP contribution in [0.1, 0.15) is 31.2 Å². The molecule has 0 unspecified atom stereocenters. The molecular formula is C22H25N5O3. The molecule has 0 bridgehead atoms. The molecule has 8 heteroatoms. The molecule has 3 heterocycles. The molecule has 0 atom stereocenters. The highest BCUT2D eigenvalue weighted by Gasteiger charge is 2.12. The Morgan fingerprint density at radius 3 is 2.53 bits per heavy atom. The second-order valence-electron chi connectivity index (χ2n) is 7.57. The number of nitrogens with zero attached hydrogens (tertiary/aromatic N) is 3. The van der Waals surface area contributed by atoms with Crippen molar-refractivity contribution in [1.82, 2.24) is 19.9 Å². The highest BCUT2D eigenvalue weighted by molar-refractivity contribution is 5.78. The van der Waals surface area contributed by atoms with E-state index in [1.54, 1.807) is 30.5 Å². The van der Waals surface area contributed by atoms with Crippen molar-refractivity contribution in [3.05, 3.63) is 69.0 Å². The van der Waals surface area contributed by atoms with Gasteiger partial charge in [0.15, 0.2) is 0 Å². The number of carbonyl (C=O) groups is 1. The largest absolute Gasteiger partial charge is 0.357 e. The van der Waals surface area contributed by atoms with Crippen LogP contribution in [0, 0.1) is 0 Å². The number of fused-ring (bicyclic) bond motifs is 1. The monoisotopic (exact) mass is 407 g/mol. The van der Waals surface area contributed by atoms with Gasteiger partial charge >= 0.3 is 5.69 Å². The number of hydrogen-bond acceptors (Lipinski definition) is 5. The Kier molecular flexibility index (Phi) is 5.92. The first-order valence-electron chi connectivity index (χ1n) is 10.3. The summed E-state index contributed by atoms with van der Waals surface area (Å²) in [5.41, 5.74) is 0.242. The van der Waals surface area contributed by atoms with Crippen molar-refractivity contribution in [1.29, 1.82) is 0 Å². The Balaban J connectivity index is 1.39. The minimum absolute atomic E-state index is 0.284. The fourth-order valence-electron chi connectivity index (χ4n) is 3.75. The number of anilines is 1. The summed E-state index contributed by atoms with van der Waals surface area (Å²) in [7, 11) is 0. The van der Waals surface area contributed by atoms with Crippen LogP contribution in [0.2, 0.25) is 0 Å². The molecule has 1 amide bonds. The van der Waals surface area contributed by atoms with Gasteiger partial charge in [0, 0.05) is 25.8 Å². The smallest absolute Gasteiger partial charge is 0.329 e. The number of pyridine rings is 1. The Morgan fingerprint density at radius 2 is 1.80 bits per heavy atom. The van der Waals surface area contributed by atoms with Crippen molar-refractivity contribution in [2.45, 2.75) is 38.8 Å². The van der Waals surface area contributed by atoms with Crippen molar-refractivity contribution < 1.29 is 4.79 Å². The first-order chi connectivity index (χ1) is 14.6. The van der Waals surface area contributed by atoms with Crippen LogP contribution in [0.5, 0.6) is 0 Å². The van der Waals surface area contributed by atoms with Gasteiger partial charge < -0.3 is 15.2 Å². The Morgan fingerprint density at radius 1 is 1.03 bits per heavy atom. The molecular weight excluding hydrogens is 382 g/mol. The minimum Gasteiger partial charge on any atom is -0.357 e. The molecule has 0 saturated carbocycles.